The van der Waals surface area contributed by atoms with Crippen LogP contribution in [0.3, 0.4) is 0 Å². The molecule has 25 heavy (non-hydrogen) atoms. The van der Waals surface area contributed by atoms with E-state index in [-0.39, 0.29) is 16.5 Å². The third kappa shape index (κ3) is 4.42. The molecule has 3 unspecified atom stereocenters. The molecule has 2 rings (SSSR count). The van der Waals surface area contributed by atoms with E-state index in [1.807, 2.05) is 25.1 Å². The van der Waals surface area contributed by atoms with Gasteiger partial charge in [0.15, 0.2) is 11.5 Å². The number of methoxy groups -OCH3 is 2. The first kappa shape index (κ1) is 19.5. The van der Waals surface area contributed by atoms with Crippen molar-refractivity contribution in [2.75, 3.05) is 14.2 Å². The van der Waals surface area contributed by atoms with E-state index in [0.29, 0.717) is 17.9 Å². The van der Waals surface area contributed by atoms with Crippen molar-refractivity contribution >= 4 is 11.6 Å². The van der Waals surface area contributed by atoms with Crippen molar-refractivity contribution in [3.63, 3.8) is 0 Å². The van der Waals surface area contributed by atoms with E-state index in [4.69, 9.17) is 26.8 Å². The van der Waals surface area contributed by atoms with Crippen LogP contribution in [0.15, 0.2) is 36.4 Å². The molecule has 0 bridgehead atoms. The van der Waals surface area contributed by atoms with Crippen LogP contribution in [0.4, 0.5) is 4.39 Å². The lowest BCUT2D eigenvalue weighted by molar-refractivity contribution is 0.118. The van der Waals surface area contributed by atoms with E-state index in [0.717, 1.165) is 5.56 Å². The van der Waals surface area contributed by atoms with E-state index < -0.39 is 18.0 Å². The molecular weight excluding hydrogens is 345 g/mol. The topological polar surface area (TPSA) is 64.7 Å². The Bertz CT molecular complexity index is 726. The van der Waals surface area contributed by atoms with E-state index in [1.54, 1.807) is 20.3 Å². The summed E-state index contributed by atoms with van der Waals surface area (Å²) in [5, 5.41) is 10.4. The Balaban J connectivity index is 2.14. The number of nitrogens with two attached hydrogens (primary N) is 1. The zero-order valence-corrected chi connectivity index (χ0v) is 15.3. The zero-order valence-electron chi connectivity index (χ0n) is 14.5. The molecule has 0 saturated carbocycles. The van der Waals surface area contributed by atoms with Crippen LogP contribution in [0.2, 0.25) is 5.02 Å². The van der Waals surface area contributed by atoms with E-state index in [9.17, 15) is 9.50 Å². The van der Waals surface area contributed by atoms with E-state index >= 15 is 0 Å². The van der Waals surface area contributed by atoms with Crippen molar-refractivity contribution in [2.24, 2.45) is 11.7 Å². The Morgan fingerprint density at radius 2 is 1.84 bits per heavy atom. The summed E-state index contributed by atoms with van der Waals surface area (Å²) >= 11 is 5.78. The minimum Gasteiger partial charge on any atom is -0.493 e. The van der Waals surface area contributed by atoms with Crippen molar-refractivity contribution < 1.29 is 19.0 Å². The van der Waals surface area contributed by atoms with Gasteiger partial charge in [-0.25, -0.2) is 4.39 Å². The third-order valence-corrected chi connectivity index (χ3v) is 4.62. The first-order valence-corrected chi connectivity index (χ1v) is 8.35. The highest BCUT2D eigenvalue weighted by Gasteiger charge is 2.26. The van der Waals surface area contributed by atoms with Crippen LogP contribution in [0.25, 0.3) is 0 Å². The quantitative estimate of drug-likeness (QED) is 0.782. The average molecular weight is 368 g/mol. The first-order valence-electron chi connectivity index (χ1n) is 7.97. The Labute approximate surface area is 152 Å². The minimum absolute atomic E-state index is 0.0312. The highest BCUT2D eigenvalue weighted by Crippen LogP contribution is 2.31. The van der Waals surface area contributed by atoms with Crippen LogP contribution in [-0.4, -0.2) is 25.4 Å². The van der Waals surface area contributed by atoms with Crippen LogP contribution in [0.1, 0.15) is 24.2 Å². The summed E-state index contributed by atoms with van der Waals surface area (Å²) < 4.78 is 24.6. The van der Waals surface area contributed by atoms with Gasteiger partial charge < -0.3 is 20.3 Å². The molecule has 2 aromatic rings. The lowest BCUT2D eigenvalue weighted by Crippen LogP contribution is -2.36. The standard InChI is InChI=1S/C19H23ClFNO3/c1-11(9-12-7-8-15(24-2)16(10-12)25-3)18(22)19(23)13-5-4-6-14(20)17(13)21/h4-8,10-11,18-19,23H,9,22H2,1-3H3. The van der Waals surface area contributed by atoms with Gasteiger partial charge in [-0.1, -0.05) is 36.7 Å². The molecule has 0 saturated heterocycles. The molecule has 3 N–H and O–H groups in total. The number of aliphatic hydroxyl groups is 1. The van der Waals surface area contributed by atoms with E-state index in [1.165, 1.54) is 12.1 Å². The molecule has 0 spiro atoms. The van der Waals surface area contributed by atoms with Crippen molar-refractivity contribution in [3.05, 3.63) is 58.4 Å². The number of halogens is 2. The number of hydrogen-bond acceptors (Lipinski definition) is 4. The van der Waals surface area contributed by atoms with Gasteiger partial charge in [-0.15, -0.1) is 0 Å². The molecule has 0 aromatic heterocycles. The highest BCUT2D eigenvalue weighted by molar-refractivity contribution is 6.30. The monoisotopic (exact) mass is 367 g/mol. The number of benzene rings is 2. The minimum atomic E-state index is -1.14. The molecule has 3 atom stereocenters. The fourth-order valence-corrected chi connectivity index (χ4v) is 2.96. The molecule has 0 aliphatic heterocycles. The fraction of sp³-hybridized carbons (Fsp3) is 0.368. The highest BCUT2D eigenvalue weighted by atomic mass is 35.5. The molecule has 0 aliphatic carbocycles. The molecule has 4 nitrogen and oxygen atoms in total. The van der Waals surface area contributed by atoms with Crippen molar-refractivity contribution in [1.29, 1.82) is 0 Å². The lowest BCUT2D eigenvalue weighted by atomic mass is 9.88. The SMILES string of the molecule is COc1ccc(CC(C)C(N)C(O)c2cccc(Cl)c2F)cc1OC. The second kappa shape index (κ2) is 8.52. The lowest BCUT2D eigenvalue weighted by Gasteiger charge is -2.26. The maximum absolute atomic E-state index is 14.1. The zero-order chi connectivity index (χ0) is 18.6. The fourth-order valence-electron chi connectivity index (χ4n) is 2.78. The van der Waals surface area contributed by atoms with E-state index in [2.05, 4.69) is 0 Å². The van der Waals surface area contributed by atoms with Crippen LogP contribution in [0.5, 0.6) is 11.5 Å². The van der Waals surface area contributed by atoms with Gasteiger partial charge in [0.25, 0.3) is 0 Å². The van der Waals surface area contributed by atoms with Gasteiger partial charge in [-0.2, -0.15) is 0 Å². The van der Waals surface area contributed by atoms with Gasteiger partial charge in [0.2, 0.25) is 0 Å². The molecule has 6 heteroatoms. The summed E-state index contributed by atoms with van der Waals surface area (Å²) in [6.45, 7) is 1.91. The van der Waals surface area contributed by atoms with Gasteiger partial charge in [-0.05, 0) is 36.1 Å². The maximum atomic E-state index is 14.1. The Morgan fingerprint density at radius 3 is 2.48 bits per heavy atom. The van der Waals surface area contributed by atoms with Gasteiger partial charge in [-0.3, -0.25) is 0 Å². The average Bonchev–Trinajstić information content (AvgIpc) is 2.62. The molecule has 0 amide bonds. The molecule has 0 aliphatic rings. The van der Waals surface area contributed by atoms with Crippen molar-refractivity contribution in [1.82, 2.24) is 0 Å². The summed E-state index contributed by atoms with van der Waals surface area (Å²) in [6.07, 6.45) is -0.547. The summed E-state index contributed by atoms with van der Waals surface area (Å²) in [5.74, 6) is 0.531. The predicted octanol–water partition coefficient (Wildman–Crippen LogP) is 3.74. The third-order valence-electron chi connectivity index (χ3n) is 4.33. The van der Waals surface area contributed by atoms with Crippen LogP contribution in [0, 0.1) is 11.7 Å². The molecule has 2 aromatic carbocycles. The molecule has 0 heterocycles. The van der Waals surface area contributed by atoms with Gasteiger partial charge in [0.05, 0.1) is 25.3 Å². The van der Waals surface area contributed by atoms with Gasteiger partial charge >= 0.3 is 0 Å². The predicted molar refractivity (Wildman–Crippen MR) is 96.8 cm³/mol. The largest absolute Gasteiger partial charge is 0.493 e. The van der Waals surface area contributed by atoms with Crippen molar-refractivity contribution in [2.45, 2.75) is 25.5 Å². The maximum Gasteiger partial charge on any atom is 0.160 e. The number of aliphatic hydroxyl groups excluding tert-OH is 1. The Kier molecular flexibility index (Phi) is 6.64. The van der Waals surface area contributed by atoms with Crippen LogP contribution < -0.4 is 15.2 Å². The van der Waals surface area contributed by atoms with Gasteiger partial charge in [0, 0.05) is 11.6 Å². The summed E-state index contributed by atoms with van der Waals surface area (Å²) in [6, 6.07) is 9.47. The number of ether oxygens (including phenoxy) is 2. The Hall–Kier alpha value is -1.82. The summed E-state index contributed by atoms with van der Waals surface area (Å²) in [7, 11) is 3.15. The summed E-state index contributed by atoms with van der Waals surface area (Å²) in [4.78, 5) is 0. The molecule has 136 valence electrons. The number of rotatable bonds is 7. The molecular formula is C19H23ClFNO3. The van der Waals surface area contributed by atoms with Crippen LogP contribution in [-0.2, 0) is 6.42 Å². The second-order valence-electron chi connectivity index (χ2n) is 6.04. The first-order chi connectivity index (χ1) is 11.9. The van der Waals surface area contributed by atoms with Crippen LogP contribution >= 0.6 is 11.6 Å². The second-order valence-corrected chi connectivity index (χ2v) is 6.44. The smallest absolute Gasteiger partial charge is 0.160 e. The van der Waals surface area contributed by atoms with Gasteiger partial charge in [0.1, 0.15) is 5.82 Å². The van der Waals surface area contributed by atoms with Crippen molar-refractivity contribution in [3.8, 4) is 11.5 Å². The molecule has 0 radical (unpaired) electrons. The number of hydrogen-bond donors (Lipinski definition) is 2. The molecule has 0 fully saturated rings. The summed E-state index contributed by atoms with van der Waals surface area (Å²) in [5.41, 5.74) is 7.27. The normalized spacial score (nSPS) is 14.7. The Morgan fingerprint density at radius 1 is 1.16 bits per heavy atom.